The van der Waals surface area contributed by atoms with Crippen molar-refractivity contribution in [2.75, 3.05) is 5.32 Å². The fraction of sp³-hybridized carbons (Fsp3) is 0.278. The molecule has 0 aliphatic rings. The van der Waals surface area contributed by atoms with Crippen LogP contribution in [0.4, 0.5) is 10.1 Å². The zero-order valence-electron chi connectivity index (χ0n) is 12.4. The number of carbonyl (C=O) groups excluding carboxylic acids is 1. The molecule has 2 aromatic rings. The maximum atomic E-state index is 13.8. The van der Waals surface area contributed by atoms with Gasteiger partial charge in [-0.3, -0.25) is 4.79 Å². The Morgan fingerprint density at radius 1 is 1.19 bits per heavy atom. The molecule has 0 fully saturated rings. The van der Waals surface area contributed by atoms with Crippen LogP contribution in [-0.2, 0) is 4.79 Å². The molecule has 110 valence electrons. The Balaban J connectivity index is 2.21. The molecule has 0 aliphatic heterocycles. The van der Waals surface area contributed by atoms with E-state index in [1.54, 1.807) is 12.1 Å². The molecule has 0 saturated carbocycles. The molecule has 1 amide bonds. The van der Waals surface area contributed by atoms with Gasteiger partial charge in [0, 0.05) is 0 Å². The van der Waals surface area contributed by atoms with Crippen LogP contribution in [-0.4, -0.2) is 5.91 Å². The lowest BCUT2D eigenvalue weighted by Crippen LogP contribution is -2.21. The number of hydrogen-bond acceptors (Lipinski definition) is 1. The smallest absolute Gasteiger partial charge is 0.231 e. The zero-order valence-corrected chi connectivity index (χ0v) is 12.4. The Morgan fingerprint density at radius 2 is 1.90 bits per heavy atom. The third-order valence-electron chi connectivity index (χ3n) is 3.48. The van der Waals surface area contributed by atoms with E-state index >= 15 is 0 Å². The molecule has 0 saturated heterocycles. The number of anilines is 1. The first kappa shape index (κ1) is 15.2. The van der Waals surface area contributed by atoms with Crippen molar-refractivity contribution in [2.24, 2.45) is 0 Å². The second kappa shape index (κ2) is 7.02. The van der Waals surface area contributed by atoms with Gasteiger partial charge in [-0.05, 0) is 36.6 Å². The number of halogens is 1. The molecular weight excluding hydrogens is 265 g/mol. The summed E-state index contributed by atoms with van der Waals surface area (Å²) >= 11 is 0. The van der Waals surface area contributed by atoms with E-state index in [0.29, 0.717) is 0 Å². The van der Waals surface area contributed by atoms with Gasteiger partial charge in [-0.25, -0.2) is 4.39 Å². The van der Waals surface area contributed by atoms with Crippen molar-refractivity contribution in [3.05, 3.63) is 65.5 Å². The summed E-state index contributed by atoms with van der Waals surface area (Å²) in [5, 5.41) is 2.72. The Hall–Kier alpha value is -2.16. The van der Waals surface area contributed by atoms with Gasteiger partial charge in [-0.2, -0.15) is 0 Å². The van der Waals surface area contributed by atoms with Gasteiger partial charge in [0.1, 0.15) is 5.82 Å². The maximum absolute atomic E-state index is 13.8. The van der Waals surface area contributed by atoms with Crippen LogP contribution in [0.5, 0.6) is 0 Å². The topological polar surface area (TPSA) is 29.1 Å². The van der Waals surface area contributed by atoms with Crippen LogP contribution in [0.2, 0.25) is 0 Å². The molecule has 1 N–H and O–H groups in total. The lowest BCUT2D eigenvalue weighted by molar-refractivity contribution is -0.117. The van der Waals surface area contributed by atoms with Gasteiger partial charge >= 0.3 is 0 Å². The van der Waals surface area contributed by atoms with E-state index in [0.717, 1.165) is 24.0 Å². The third-order valence-corrected chi connectivity index (χ3v) is 3.48. The van der Waals surface area contributed by atoms with E-state index in [1.807, 2.05) is 44.2 Å². The number of rotatable bonds is 5. The summed E-state index contributed by atoms with van der Waals surface area (Å²) in [7, 11) is 0. The van der Waals surface area contributed by atoms with E-state index in [9.17, 15) is 9.18 Å². The van der Waals surface area contributed by atoms with Crippen molar-refractivity contribution in [1.82, 2.24) is 0 Å². The first-order valence-corrected chi connectivity index (χ1v) is 7.23. The SMILES string of the molecule is CCC[C@H](C(=O)Nc1cc(C)ccc1F)c1ccccc1. The average Bonchev–Trinajstić information content (AvgIpc) is 2.49. The largest absolute Gasteiger partial charge is 0.323 e. The fourth-order valence-corrected chi connectivity index (χ4v) is 2.38. The summed E-state index contributed by atoms with van der Waals surface area (Å²) in [6.45, 7) is 3.91. The lowest BCUT2D eigenvalue weighted by Gasteiger charge is -2.17. The fourth-order valence-electron chi connectivity index (χ4n) is 2.38. The van der Waals surface area contributed by atoms with E-state index in [2.05, 4.69) is 5.32 Å². The van der Waals surface area contributed by atoms with Crippen LogP contribution in [0.15, 0.2) is 48.5 Å². The standard InChI is InChI=1S/C18H20FNO/c1-3-7-15(14-8-5-4-6-9-14)18(21)20-17-12-13(2)10-11-16(17)19/h4-6,8-12,15H,3,7H2,1-2H3,(H,20,21)/t15-/m0/s1. The molecule has 0 aliphatic carbocycles. The van der Waals surface area contributed by atoms with Gasteiger partial charge in [-0.15, -0.1) is 0 Å². The molecule has 0 heterocycles. The predicted octanol–water partition coefficient (Wildman–Crippen LogP) is 4.66. The van der Waals surface area contributed by atoms with Gasteiger partial charge in [-0.1, -0.05) is 49.7 Å². The first-order valence-electron chi connectivity index (χ1n) is 7.23. The number of benzene rings is 2. The number of amides is 1. The van der Waals surface area contributed by atoms with Crippen molar-refractivity contribution in [1.29, 1.82) is 0 Å². The minimum atomic E-state index is -0.405. The van der Waals surface area contributed by atoms with Crippen LogP contribution in [0.25, 0.3) is 0 Å². The highest BCUT2D eigenvalue weighted by atomic mass is 19.1. The van der Waals surface area contributed by atoms with Crippen molar-refractivity contribution < 1.29 is 9.18 Å². The van der Waals surface area contributed by atoms with Crippen LogP contribution in [0, 0.1) is 12.7 Å². The number of hydrogen-bond donors (Lipinski definition) is 1. The molecule has 2 aromatic carbocycles. The van der Waals surface area contributed by atoms with E-state index in [1.165, 1.54) is 6.07 Å². The summed E-state index contributed by atoms with van der Waals surface area (Å²) in [6.07, 6.45) is 1.63. The van der Waals surface area contributed by atoms with Crippen molar-refractivity contribution in [2.45, 2.75) is 32.6 Å². The molecule has 0 unspecified atom stereocenters. The zero-order chi connectivity index (χ0) is 15.2. The first-order chi connectivity index (χ1) is 10.1. The minimum absolute atomic E-state index is 0.160. The van der Waals surface area contributed by atoms with E-state index in [4.69, 9.17) is 0 Å². The van der Waals surface area contributed by atoms with Crippen LogP contribution in [0.3, 0.4) is 0 Å². The van der Waals surface area contributed by atoms with Crippen LogP contribution < -0.4 is 5.32 Å². The number of aryl methyl sites for hydroxylation is 1. The minimum Gasteiger partial charge on any atom is -0.323 e. The third kappa shape index (κ3) is 3.91. The Morgan fingerprint density at radius 3 is 2.57 bits per heavy atom. The quantitative estimate of drug-likeness (QED) is 0.850. The summed E-state index contributed by atoms with van der Waals surface area (Å²) < 4.78 is 13.8. The van der Waals surface area contributed by atoms with Crippen molar-refractivity contribution >= 4 is 11.6 Å². The molecule has 0 radical (unpaired) electrons. The Kier molecular flexibility index (Phi) is 5.09. The normalized spacial score (nSPS) is 12.0. The summed E-state index contributed by atoms with van der Waals surface area (Å²) in [4.78, 5) is 12.5. The van der Waals surface area contributed by atoms with Crippen LogP contribution in [0.1, 0.15) is 36.8 Å². The number of nitrogens with one attached hydrogen (secondary N) is 1. The molecule has 0 aromatic heterocycles. The summed E-state index contributed by atoms with van der Waals surface area (Å²) in [5.74, 6) is -0.819. The van der Waals surface area contributed by atoms with Gasteiger partial charge in [0.05, 0.1) is 11.6 Å². The van der Waals surface area contributed by atoms with E-state index in [-0.39, 0.29) is 17.5 Å². The van der Waals surface area contributed by atoms with Crippen LogP contribution >= 0.6 is 0 Å². The predicted molar refractivity (Wildman–Crippen MR) is 83.9 cm³/mol. The Bertz CT molecular complexity index is 610. The lowest BCUT2D eigenvalue weighted by atomic mass is 9.93. The molecular formula is C18H20FNO. The molecule has 1 atom stereocenters. The van der Waals surface area contributed by atoms with Crippen molar-refractivity contribution in [3.8, 4) is 0 Å². The molecule has 3 heteroatoms. The highest BCUT2D eigenvalue weighted by molar-refractivity contribution is 5.96. The Labute approximate surface area is 125 Å². The maximum Gasteiger partial charge on any atom is 0.231 e. The molecule has 0 bridgehead atoms. The van der Waals surface area contributed by atoms with Gasteiger partial charge in [0.2, 0.25) is 5.91 Å². The molecule has 21 heavy (non-hydrogen) atoms. The van der Waals surface area contributed by atoms with Crippen molar-refractivity contribution in [3.63, 3.8) is 0 Å². The molecule has 2 rings (SSSR count). The number of carbonyl (C=O) groups is 1. The van der Waals surface area contributed by atoms with Gasteiger partial charge in [0.25, 0.3) is 0 Å². The molecule has 0 spiro atoms. The molecule has 2 nitrogen and oxygen atoms in total. The summed E-state index contributed by atoms with van der Waals surface area (Å²) in [6, 6.07) is 14.3. The van der Waals surface area contributed by atoms with Gasteiger partial charge < -0.3 is 5.32 Å². The highest BCUT2D eigenvalue weighted by Crippen LogP contribution is 2.24. The van der Waals surface area contributed by atoms with E-state index < -0.39 is 5.82 Å². The monoisotopic (exact) mass is 285 g/mol. The second-order valence-electron chi connectivity index (χ2n) is 5.22. The highest BCUT2D eigenvalue weighted by Gasteiger charge is 2.20. The second-order valence-corrected chi connectivity index (χ2v) is 5.22. The average molecular weight is 285 g/mol. The summed E-state index contributed by atoms with van der Waals surface area (Å²) in [5.41, 5.74) is 2.13. The van der Waals surface area contributed by atoms with Gasteiger partial charge in [0.15, 0.2) is 0 Å².